The third-order valence-corrected chi connectivity index (χ3v) is 1.81. The molecule has 0 bridgehead atoms. The van der Waals surface area contributed by atoms with Crippen molar-refractivity contribution in [3.63, 3.8) is 0 Å². The van der Waals surface area contributed by atoms with Gasteiger partial charge in [0.2, 0.25) is 0 Å². The minimum Gasteiger partial charge on any atom is -0.481 e. The molecule has 0 fully saturated rings. The van der Waals surface area contributed by atoms with Gasteiger partial charge in [-0.05, 0) is 24.2 Å². The van der Waals surface area contributed by atoms with E-state index in [0.29, 0.717) is 17.8 Å². The molecule has 1 N–H and O–H groups in total. The first-order chi connectivity index (χ1) is 5.31. The predicted molar refractivity (Wildman–Crippen MR) is 50.1 cm³/mol. The minimum atomic E-state index is -0.684. The van der Waals surface area contributed by atoms with Crippen molar-refractivity contribution >= 4 is 5.97 Å². The molecule has 0 saturated carbocycles. The van der Waals surface area contributed by atoms with E-state index in [-0.39, 0.29) is 0 Å². The van der Waals surface area contributed by atoms with Crippen molar-refractivity contribution in [3.05, 3.63) is 0 Å². The van der Waals surface area contributed by atoms with Crippen LogP contribution in [0.4, 0.5) is 0 Å². The zero-order valence-corrected chi connectivity index (χ0v) is 8.55. The molecule has 0 amide bonds. The number of carboxylic acid groups (broad SMARTS) is 1. The maximum atomic E-state index is 10.3. The fraction of sp³-hybridized carbons (Fsp3) is 0.900. The molecule has 2 nitrogen and oxygen atoms in total. The summed E-state index contributed by atoms with van der Waals surface area (Å²) in [7, 11) is 0. The van der Waals surface area contributed by atoms with Gasteiger partial charge in [0.1, 0.15) is 0 Å². The summed E-state index contributed by atoms with van der Waals surface area (Å²) in [6.07, 6.45) is 2.20. The van der Waals surface area contributed by atoms with Crippen LogP contribution in [0.1, 0.15) is 47.0 Å². The quantitative estimate of drug-likeness (QED) is 0.708. The van der Waals surface area contributed by atoms with Crippen molar-refractivity contribution in [1.29, 1.82) is 0 Å². The molecule has 0 rings (SSSR count). The monoisotopic (exact) mass is 172 g/mol. The van der Waals surface area contributed by atoms with Crippen molar-refractivity contribution in [1.82, 2.24) is 0 Å². The Morgan fingerprint density at radius 3 is 2.25 bits per heavy atom. The van der Waals surface area contributed by atoms with Crippen molar-refractivity contribution < 1.29 is 9.90 Å². The highest BCUT2D eigenvalue weighted by atomic mass is 16.4. The second-order valence-electron chi connectivity index (χ2n) is 4.80. The summed E-state index contributed by atoms with van der Waals surface area (Å²) in [4.78, 5) is 10.3. The average molecular weight is 172 g/mol. The van der Waals surface area contributed by atoms with E-state index in [1.165, 1.54) is 0 Å². The van der Waals surface area contributed by atoms with Crippen LogP contribution in [0.25, 0.3) is 0 Å². The number of hydrogen-bond acceptors (Lipinski definition) is 1. The van der Waals surface area contributed by atoms with Crippen LogP contribution in [0.15, 0.2) is 0 Å². The van der Waals surface area contributed by atoms with Crippen LogP contribution in [0.5, 0.6) is 0 Å². The SMILES string of the molecule is CC(CCC(=O)O)CC(C)(C)C. The van der Waals surface area contributed by atoms with Gasteiger partial charge in [-0.15, -0.1) is 0 Å². The van der Waals surface area contributed by atoms with Gasteiger partial charge in [-0.3, -0.25) is 4.79 Å². The topological polar surface area (TPSA) is 37.3 Å². The standard InChI is InChI=1S/C10H20O2/c1-8(5-6-9(11)12)7-10(2,3)4/h8H,5-7H2,1-4H3,(H,11,12). The van der Waals surface area contributed by atoms with Crippen LogP contribution in [0, 0.1) is 11.3 Å². The number of carboxylic acids is 1. The number of rotatable bonds is 4. The number of carbonyl (C=O) groups is 1. The van der Waals surface area contributed by atoms with Gasteiger partial charge in [0.05, 0.1) is 0 Å². The summed E-state index contributed by atoms with van der Waals surface area (Å²) in [5, 5.41) is 8.46. The van der Waals surface area contributed by atoms with Gasteiger partial charge >= 0.3 is 5.97 Å². The van der Waals surface area contributed by atoms with Crippen LogP contribution in [-0.4, -0.2) is 11.1 Å². The highest BCUT2D eigenvalue weighted by molar-refractivity contribution is 5.66. The van der Waals surface area contributed by atoms with Gasteiger partial charge < -0.3 is 5.11 Å². The highest BCUT2D eigenvalue weighted by Crippen LogP contribution is 2.26. The molecule has 72 valence electrons. The lowest BCUT2D eigenvalue weighted by Gasteiger charge is -2.22. The highest BCUT2D eigenvalue weighted by Gasteiger charge is 2.15. The molecule has 2 heteroatoms. The van der Waals surface area contributed by atoms with E-state index >= 15 is 0 Å². The smallest absolute Gasteiger partial charge is 0.303 e. The van der Waals surface area contributed by atoms with Gasteiger partial charge in [0, 0.05) is 6.42 Å². The Hall–Kier alpha value is -0.530. The van der Waals surface area contributed by atoms with E-state index in [2.05, 4.69) is 27.7 Å². The third kappa shape index (κ3) is 7.58. The van der Waals surface area contributed by atoms with Crippen LogP contribution in [0.3, 0.4) is 0 Å². The lowest BCUT2D eigenvalue weighted by atomic mass is 9.84. The van der Waals surface area contributed by atoms with Gasteiger partial charge in [-0.25, -0.2) is 0 Å². The summed E-state index contributed by atoms with van der Waals surface area (Å²) < 4.78 is 0. The predicted octanol–water partition coefficient (Wildman–Crippen LogP) is 2.92. The first-order valence-corrected chi connectivity index (χ1v) is 4.53. The minimum absolute atomic E-state index is 0.303. The molecule has 0 aliphatic rings. The van der Waals surface area contributed by atoms with E-state index < -0.39 is 5.97 Å². The summed E-state index contributed by atoms with van der Waals surface area (Å²) >= 11 is 0. The first kappa shape index (κ1) is 11.5. The number of hydrogen-bond donors (Lipinski definition) is 1. The molecular weight excluding hydrogens is 152 g/mol. The van der Waals surface area contributed by atoms with Gasteiger partial charge in [0.25, 0.3) is 0 Å². The molecule has 0 spiro atoms. The van der Waals surface area contributed by atoms with Crippen molar-refractivity contribution in [2.45, 2.75) is 47.0 Å². The van der Waals surface area contributed by atoms with E-state index in [1.54, 1.807) is 0 Å². The lowest BCUT2D eigenvalue weighted by molar-refractivity contribution is -0.137. The normalized spacial score (nSPS) is 14.3. The van der Waals surface area contributed by atoms with Crippen LogP contribution in [0.2, 0.25) is 0 Å². The maximum absolute atomic E-state index is 10.3. The molecule has 0 saturated heterocycles. The molecule has 0 aromatic heterocycles. The van der Waals surface area contributed by atoms with Gasteiger partial charge in [-0.1, -0.05) is 27.7 Å². The van der Waals surface area contributed by atoms with Crippen LogP contribution in [-0.2, 0) is 4.79 Å². The first-order valence-electron chi connectivity index (χ1n) is 4.53. The maximum Gasteiger partial charge on any atom is 0.303 e. The fourth-order valence-corrected chi connectivity index (χ4v) is 1.52. The molecule has 0 aromatic carbocycles. The Balaban J connectivity index is 3.60. The fourth-order valence-electron chi connectivity index (χ4n) is 1.52. The Labute approximate surface area is 75.0 Å². The molecule has 0 aliphatic heterocycles. The molecule has 1 unspecified atom stereocenters. The summed E-state index contributed by atoms with van der Waals surface area (Å²) in [6.45, 7) is 8.67. The average Bonchev–Trinajstić information content (AvgIpc) is 1.79. The van der Waals surface area contributed by atoms with Crippen LogP contribution >= 0.6 is 0 Å². The van der Waals surface area contributed by atoms with Crippen LogP contribution < -0.4 is 0 Å². The molecule has 0 aliphatic carbocycles. The van der Waals surface area contributed by atoms with E-state index in [0.717, 1.165) is 12.8 Å². The molecule has 0 heterocycles. The molecular formula is C10H20O2. The third-order valence-electron chi connectivity index (χ3n) is 1.81. The Morgan fingerprint density at radius 2 is 1.92 bits per heavy atom. The largest absolute Gasteiger partial charge is 0.481 e. The lowest BCUT2D eigenvalue weighted by Crippen LogP contribution is -2.12. The Kier molecular flexibility index (Phi) is 4.29. The van der Waals surface area contributed by atoms with E-state index in [1.807, 2.05) is 0 Å². The second kappa shape index (κ2) is 4.48. The summed E-state index contributed by atoms with van der Waals surface area (Å²) in [5.74, 6) is -0.170. The van der Waals surface area contributed by atoms with E-state index in [4.69, 9.17) is 5.11 Å². The Morgan fingerprint density at radius 1 is 1.42 bits per heavy atom. The second-order valence-corrected chi connectivity index (χ2v) is 4.80. The molecule has 0 radical (unpaired) electrons. The molecule has 0 aromatic rings. The van der Waals surface area contributed by atoms with Crippen molar-refractivity contribution in [2.24, 2.45) is 11.3 Å². The van der Waals surface area contributed by atoms with E-state index in [9.17, 15) is 4.79 Å². The van der Waals surface area contributed by atoms with Crippen molar-refractivity contribution in [3.8, 4) is 0 Å². The number of aliphatic carboxylic acids is 1. The Bertz CT molecular complexity index is 144. The van der Waals surface area contributed by atoms with Gasteiger partial charge in [-0.2, -0.15) is 0 Å². The summed E-state index contributed by atoms with van der Waals surface area (Å²) in [5.41, 5.74) is 0.317. The molecule has 1 atom stereocenters. The van der Waals surface area contributed by atoms with Gasteiger partial charge in [0.15, 0.2) is 0 Å². The molecule has 12 heavy (non-hydrogen) atoms. The zero-order valence-electron chi connectivity index (χ0n) is 8.55. The summed E-state index contributed by atoms with van der Waals surface area (Å²) in [6, 6.07) is 0. The van der Waals surface area contributed by atoms with Crippen molar-refractivity contribution in [2.75, 3.05) is 0 Å². The zero-order chi connectivity index (χ0) is 9.78.